The maximum Gasteiger partial charge on any atom is 0.246 e. The van der Waals surface area contributed by atoms with Crippen molar-refractivity contribution >= 4 is 21.8 Å². The van der Waals surface area contributed by atoms with Crippen molar-refractivity contribution in [1.29, 1.82) is 0 Å². The lowest BCUT2D eigenvalue weighted by atomic mass is 10.0. The molecule has 0 N–H and O–H groups in total. The van der Waals surface area contributed by atoms with Gasteiger partial charge in [-0.05, 0) is 43.5 Å². The van der Waals surface area contributed by atoms with Gasteiger partial charge in [0.25, 0.3) is 0 Å². The SMILES string of the molecule is C[C@@H]1CCCCN1C(=O)Cn1nnc(-c2ccccc2Br)n1. The van der Waals surface area contributed by atoms with E-state index in [0.717, 1.165) is 29.4 Å². The minimum atomic E-state index is 0.0586. The van der Waals surface area contributed by atoms with E-state index in [1.54, 1.807) is 0 Å². The molecule has 22 heavy (non-hydrogen) atoms. The normalized spacial score (nSPS) is 18.5. The van der Waals surface area contributed by atoms with Crippen LogP contribution in [0.25, 0.3) is 11.4 Å². The summed E-state index contributed by atoms with van der Waals surface area (Å²) in [6.45, 7) is 3.06. The summed E-state index contributed by atoms with van der Waals surface area (Å²) < 4.78 is 0.908. The van der Waals surface area contributed by atoms with Gasteiger partial charge in [0.15, 0.2) is 0 Å². The van der Waals surface area contributed by atoms with Gasteiger partial charge in [0, 0.05) is 22.6 Å². The van der Waals surface area contributed by atoms with E-state index in [1.165, 1.54) is 11.2 Å². The molecule has 1 atom stereocenters. The zero-order valence-electron chi connectivity index (χ0n) is 12.4. The van der Waals surface area contributed by atoms with Crippen molar-refractivity contribution in [3.05, 3.63) is 28.7 Å². The molecule has 2 heterocycles. The molecule has 1 saturated heterocycles. The summed E-state index contributed by atoms with van der Waals surface area (Å²) in [4.78, 5) is 15.7. The maximum absolute atomic E-state index is 12.4. The zero-order valence-corrected chi connectivity index (χ0v) is 14.0. The summed E-state index contributed by atoms with van der Waals surface area (Å²) in [6, 6.07) is 7.99. The highest BCUT2D eigenvalue weighted by atomic mass is 79.9. The summed E-state index contributed by atoms with van der Waals surface area (Å²) in [6.07, 6.45) is 3.33. The Balaban J connectivity index is 1.72. The third kappa shape index (κ3) is 3.19. The number of tetrazole rings is 1. The Labute approximate surface area is 137 Å². The van der Waals surface area contributed by atoms with E-state index in [0.29, 0.717) is 11.9 Å². The second kappa shape index (κ2) is 6.56. The molecular weight excluding hydrogens is 346 g/mol. The fourth-order valence-electron chi connectivity index (χ4n) is 2.74. The molecule has 1 aliphatic rings. The van der Waals surface area contributed by atoms with Crippen LogP contribution in [0.3, 0.4) is 0 Å². The van der Waals surface area contributed by atoms with E-state index in [9.17, 15) is 4.79 Å². The fourth-order valence-corrected chi connectivity index (χ4v) is 3.20. The van der Waals surface area contributed by atoms with Crippen molar-refractivity contribution in [2.75, 3.05) is 6.54 Å². The average molecular weight is 364 g/mol. The lowest BCUT2D eigenvalue weighted by Crippen LogP contribution is -2.43. The molecule has 0 bridgehead atoms. The van der Waals surface area contributed by atoms with Crippen molar-refractivity contribution in [3.63, 3.8) is 0 Å². The maximum atomic E-state index is 12.4. The number of nitrogens with zero attached hydrogens (tertiary/aromatic N) is 5. The highest BCUT2D eigenvalue weighted by molar-refractivity contribution is 9.10. The molecule has 7 heteroatoms. The van der Waals surface area contributed by atoms with E-state index < -0.39 is 0 Å². The van der Waals surface area contributed by atoms with Gasteiger partial charge in [-0.25, -0.2) is 0 Å². The molecule has 1 fully saturated rings. The number of hydrogen-bond donors (Lipinski definition) is 0. The Morgan fingerprint density at radius 1 is 1.36 bits per heavy atom. The highest BCUT2D eigenvalue weighted by Gasteiger charge is 2.24. The number of benzene rings is 1. The molecule has 0 unspecified atom stereocenters. The lowest BCUT2D eigenvalue weighted by Gasteiger charge is -2.33. The molecule has 1 aromatic heterocycles. The third-order valence-electron chi connectivity index (χ3n) is 3.97. The second-order valence-electron chi connectivity index (χ2n) is 5.56. The number of amides is 1. The molecule has 116 valence electrons. The van der Waals surface area contributed by atoms with E-state index in [-0.39, 0.29) is 12.5 Å². The number of hydrogen-bond acceptors (Lipinski definition) is 4. The predicted octanol–water partition coefficient (Wildman–Crippen LogP) is 2.50. The molecule has 2 aromatic rings. The van der Waals surface area contributed by atoms with Crippen LogP contribution in [0.5, 0.6) is 0 Å². The first-order chi connectivity index (χ1) is 10.6. The molecule has 6 nitrogen and oxygen atoms in total. The molecular formula is C15H18BrN5O. The van der Waals surface area contributed by atoms with Crippen LogP contribution >= 0.6 is 15.9 Å². The Morgan fingerprint density at radius 2 is 2.18 bits per heavy atom. The van der Waals surface area contributed by atoms with Crippen LogP contribution in [-0.2, 0) is 11.3 Å². The van der Waals surface area contributed by atoms with Crippen molar-refractivity contribution in [2.24, 2.45) is 0 Å². The van der Waals surface area contributed by atoms with Crippen molar-refractivity contribution in [1.82, 2.24) is 25.1 Å². The summed E-state index contributed by atoms with van der Waals surface area (Å²) in [5.74, 6) is 0.579. The monoisotopic (exact) mass is 363 g/mol. The van der Waals surface area contributed by atoms with E-state index in [1.807, 2.05) is 29.2 Å². The molecule has 1 aliphatic heterocycles. The van der Waals surface area contributed by atoms with Crippen LogP contribution in [-0.4, -0.2) is 43.6 Å². The standard InChI is InChI=1S/C15H18BrN5O/c1-11-6-4-5-9-20(11)14(22)10-21-18-15(17-19-21)12-7-2-3-8-13(12)16/h2-3,7-8,11H,4-6,9-10H2,1H3/t11-/m1/s1. The number of aromatic nitrogens is 4. The molecule has 1 amide bonds. The molecule has 3 rings (SSSR count). The van der Waals surface area contributed by atoms with Crippen LogP contribution in [0.15, 0.2) is 28.7 Å². The number of carbonyl (C=O) groups excluding carboxylic acids is 1. The Bertz CT molecular complexity index is 671. The predicted molar refractivity (Wildman–Crippen MR) is 86.0 cm³/mol. The largest absolute Gasteiger partial charge is 0.338 e. The minimum Gasteiger partial charge on any atom is -0.338 e. The first kappa shape index (κ1) is 15.1. The van der Waals surface area contributed by atoms with Crippen molar-refractivity contribution in [3.8, 4) is 11.4 Å². The van der Waals surface area contributed by atoms with Gasteiger partial charge in [0.2, 0.25) is 11.7 Å². The lowest BCUT2D eigenvalue weighted by molar-refractivity contribution is -0.135. The highest BCUT2D eigenvalue weighted by Crippen LogP contribution is 2.24. The molecule has 0 saturated carbocycles. The number of likely N-dealkylation sites (tertiary alicyclic amines) is 1. The number of rotatable bonds is 3. The van der Waals surface area contributed by atoms with Crippen LogP contribution < -0.4 is 0 Å². The smallest absolute Gasteiger partial charge is 0.246 e. The summed E-state index contributed by atoms with van der Waals surface area (Å²) in [5, 5.41) is 12.4. The molecule has 1 aromatic carbocycles. The first-order valence-corrected chi connectivity index (χ1v) is 8.26. The summed E-state index contributed by atoms with van der Waals surface area (Å²) in [7, 11) is 0. The zero-order chi connectivity index (χ0) is 15.5. The van der Waals surface area contributed by atoms with Gasteiger partial charge in [-0.1, -0.05) is 28.1 Å². The topological polar surface area (TPSA) is 63.9 Å². The number of halogens is 1. The van der Waals surface area contributed by atoms with Gasteiger partial charge >= 0.3 is 0 Å². The van der Waals surface area contributed by atoms with Gasteiger partial charge in [-0.2, -0.15) is 4.80 Å². The Kier molecular flexibility index (Phi) is 4.52. The van der Waals surface area contributed by atoms with E-state index in [4.69, 9.17) is 0 Å². The van der Waals surface area contributed by atoms with Crippen LogP contribution in [0.1, 0.15) is 26.2 Å². The van der Waals surface area contributed by atoms with Gasteiger partial charge in [0.1, 0.15) is 6.54 Å². The van der Waals surface area contributed by atoms with Gasteiger partial charge in [-0.15, -0.1) is 10.2 Å². The average Bonchev–Trinajstić information content (AvgIpc) is 2.96. The summed E-state index contributed by atoms with van der Waals surface area (Å²) >= 11 is 3.47. The van der Waals surface area contributed by atoms with E-state index in [2.05, 4.69) is 38.3 Å². The number of carbonyl (C=O) groups is 1. The first-order valence-electron chi connectivity index (χ1n) is 7.47. The van der Waals surface area contributed by atoms with Gasteiger partial charge in [-0.3, -0.25) is 4.79 Å². The second-order valence-corrected chi connectivity index (χ2v) is 6.41. The third-order valence-corrected chi connectivity index (χ3v) is 4.66. The number of piperidine rings is 1. The molecule has 0 spiro atoms. The van der Waals surface area contributed by atoms with E-state index >= 15 is 0 Å². The Morgan fingerprint density at radius 3 is 2.95 bits per heavy atom. The summed E-state index contributed by atoms with van der Waals surface area (Å²) in [5.41, 5.74) is 0.868. The quantitative estimate of drug-likeness (QED) is 0.840. The van der Waals surface area contributed by atoms with Crippen molar-refractivity contribution < 1.29 is 4.79 Å². The van der Waals surface area contributed by atoms with Crippen molar-refractivity contribution in [2.45, 2.75) is 38.8 Å². The van der Waals surface area contributed by atoms with Crippen LogP contribution in [0, 0.1) is 0 Å². The van der Waals surface area contributed by atoms with Crippen LogP contribution in [0.4, 0.5) is 0 Å². The van der Waals surface area contributed by atoms with Gasteiger partial charge < -0.3 is 4.90 Å². The molecule has 0 aliphatic carbocycles. The molecule has 0 radical (unpaired) electrons. The van der Waals surface area contributed by atoms with Gasteiger partial charge in [0.05, 0.1) is 0 Å². The fraction of sp³-hybridized carbons (Fsp3) is 0.467. The Hall–Kier alpha value is -1.76. The minimum absolute atomic E-state index is 0.0586. The van der Waals surface area contributed by atoms with Crippen LogP contribution in [0.2, 0.25) is 0 Å².